The normalized spacial score (nSPS) is 14.6. The molecule has 338 valence electrons. The van der Waals surface area contributed by atoms with Gasteiger partial charge in [-0.15, -0.1) is 0 Å². The fraction of sp³-hybridized carbons (Fsp3) is 0.444. The number of methoxy groups -OCH3 is 1. The van der Waals surface area contributed by atoms with Crippen LogP contribution in [0.4, 0.5) is 4.79 Å². The first-order valence-corrected chi connectivity index (χ1v) is 21.3. The number of hydrogen-bond acceptors (Lipinski definition) is 12. The lowest BCUT2D eigenvalue weighted by molar-refractivity contribution is -0.126. The van der Waals surface area contributed by atoms with Crippen molar-refractivity contribution in [3.63, 3.8) is 0 Å². The molecule has 1 fully saturated rings. The van der Waals surface area contributed by atoms with Gasteiger partial charge in [-0.05, 0) is 83.0 Å². The van der Waals surface area contributed by atoms with Gasteiger partial charge in [0.05, 0.1) is 69.3 Å². The van der Waals surface area contributed by atoms with E-state index in [-0.39, 0.29) is 63.7 Å². The van der Waals surface area contributed by atoms with Crippen LogP contribution in [-0.4, -0.2) is 122 Å². The summed E-state index contributed by atoms with van der Waals surface area (Å²) in [7, 11) is 1.60. The Morgan fingerprint density at radius 1 is 0.937 bits per heavy atom. The van der Waals surface area contributed by atoms with E-state index in [1.165, 1.54) is 0 Å². The summed E-state index contributed by atoms with van der Waals surface area (Å²) in [5.41, 5.74) is 4.72. The van der Waals surface area contributed by atoms with Crippen molar-refractivity contribution in [2.45, 2.75) is 59.3 Å². The number of amides is 3. The number of carbonyl (C=O) groups excluding carboxylic acids is 3. The van der Waals surface area contributed by atoms with Gasteiger partial charge in [0, 0.05) is 45.9 Å². The highest BCUT2D eigenvalue weighted by atomic mass is 35.5. The van der Waals surface area contributed by atoms with E-state index < -0.39 is 17.2 Å². The Hall–Kier alpha value is -5.39. The van der Waals surface area contributed by atoms with Crippen LogP contribution >= 0.6 is 23.2 Å². The van der Waals surface area contributed by atoms with Gasteiger partial charge in [0.2, 0.25) is 5.91 Å². The number of alkyl carbamates (subject to hydrolysis) is 1. The average molecular weight is 910 g/mol. The minimum atomic E-state index is -0.571. The smallest absolute Gasteiger partial charge is 0.407 e. The van der Waals surface area contributed by atoms with Crippen LogP contribution in [0, 0.1) is 0 Å². The maximum Gasteiger partial charge on any atom is 0.407 e. The molecule has 2 aliphatic heterocycles. The molecule has 0 saturated carbocycles. The molecular weight excluding hydrogens is 855 g/mol. The number of fused-ring (bicyclic) bond motifs is 3. The Balaban J connectivity index is 1.11. The molecule has 3 amide bonds. The first-order valence-electron chi connectivity index (χ1n) is 20.5. The van der Waals surface area contributed by atoms with E-state index in [0.717, 1.165) is 16.7 Å². The largest absolute Gasteiger partial charge is 0.496 e. The van der Waals surface area contributed by atoms with Crippen LogP contribution in [0.3, 0.4) is 0 Å². The molecule has 0 spiro atoms. The summed E-state index contributed by atoms with van der Waals surface area (Å²) < 4.78 is 35.6. The number of hydrogen-bond donors (Lipinski definition) is 2. The molecule has 6 rings (SSSR count). The van der Waals surface area contributed by atoms with Crippen molar-refractivity contribution >= 4 is 46.8 Å². The van der Waals surface area contributed by atoms with E-state index >= 15 is 0 Å². The van der Waals surface area contributed by atoms with Gasteiger partial charge >= 0.3 is 6.09 Å². The minimum Gasteiger partial charge on any atom is -0.496 e. The molecule has 2 aliphatic rings. The number of benzene rings is 3. The molecule has 0 unspecified atom stereocenters. The lowest BCUT2D eigenvalue weighted by Crippen LogP contribution is -2.55. The molecule has 1 aromatic heterocycles. The number of nitrogens with one attached hydrogen (secondary N) is 2. The summed E-state index contributed by atoms with van der Waals surface area (Å²) in [5.74, 6) is 0.594. The quantitative estimate of drug-likeness (QED) is 0.0630. The van der Waals surface area contributed by atoms with Crippen LogP contribution < -0.4 is 20.1 Å². The maximum atomic E-state index is 14.3. The molecule has 0 atom stereocenters. The zero-order valence-corrected chi connectivity index (χ0v) is 38.1. The Morgan fingerprint density at radius 3 is 2.41 bits per heavy atom. The van der Waals surface area contributed by atoms with Gasteiger partial charge in [-0.25, -0.2) is 9.48 Å². The second-order valence-electron chi connectivity index (χ2n) is 16.4. The number of nitrogens with zero attached hydrogens (tertiary/aromatic N) is 4. The van der Waals surface area contributed by atoms with Crippen molar-refractivity contribution in [1.29, 1.82) is 0 Å². The highest BCUT2D eigenvalue weighted by Gasteiger charge is 2.39. The molecule has 1 saturated heterocycles. The van der Waals surface area contributed by atoms with E-state index in [9.17, 15) is 14.4 Å². The Morgan fingerprint density at radius 2 is 1.68 bits per heavy atom. The van der Waals surface area contributed by atoms with Crippen molar-refractivity contribution in [2.24, 2.45) is 5.16 Å². The standard InChI is InChI=1S/C45H54Cl2N6O10/c1-28(51-62-15-12-48-39(54)26-59-18-17-58-14-11-49-43(56)63-44(2,3)4)29-9-8-10-30(19-29)34-23-35-38(24-37(34)57-7)61-25-36-40(42(55)52-13-16-60-27-45(52,5)6)50-53(41(35)36)33-21-31(46)20-32(47)22-33/h8-10,19-24H,11-18,25-27H2,1-7H3,(H,48,54)(H,49,56)/b51-28+. The first-order chi connectivity index (χ1) is 30.0. The number of aromatic nitrogens is 2. The SMILES string of the molecule is COc1cc2c(cc1-c1cccc(/C(C)=N/OCCNC(=O)COCCOCCNC(=O)OC(C)(C)C)c1)-c1c(c(C(=O)N3CCOCC3(C)C)nn1-c1cc(Cl)cc(Cl)c1)CO2. The molecule has 2 N–H and O–H groups in total. The van der Waals surface area contributed by atoms with E-state index in [1.54, 1.807) is 55.7 Å². The Labute approximate surface area is 377 Å². The van der Waals surface area contributed by atoms with E-state index in [0.29, 0.717) is 76.1 Å². The third kappa shape index (κ3) is 12.2. The minimum absolute atomic E-state index is 0.0994. The van der Waals surface area contributed by atoms with Crippen molar-refractivity contribution in [3.8, 4) is 39.6 Å². The molecule has 63 heavy (non-hydrogen) atoms. The van der Waals surface area contributed by atoms with Crippen LogP contribution in [0.25, 0.3) is 28.1 Å². The highest BCUT2D eigenvalue weighted by molar-refractivity contribution is 6.34. The van der Waals surface area contributed by atoms with Gasteiger partial charge in [-0.3, -0.25) is 9.59 Å². The number of carbonyl (C=O) groups is 3. The number of morpholine rings is 1. The van der Waals surface area contributed by atoms with Crippen LogP contribution in [0.1, 0.15) is 63.2 Å². The van der Waals surface area contributed by atoms with Crippen LogP contribution in [0.2, 0.25) is 10.0 Å². The van der Waals surface area contributed by atoms with Crippen LogP contribution in [0.15, 0.2) is 59.8 Å². The van der Waals surface area contributed by atoms with Gasteiger partial charge in [-0.1, -0.05) is 46.6 Å². The summed E-state index contributed by atoms with van der Waals surface area (Å²) in [6, 6.07) is 16.7. The molecule has 0 aliphatic carbocycles. The monoisotopic (exact) mass is 908 g/mol. The summed E-state index contributed by atoms with van der Waals surface area (Å²) >= 11 is 13.0. The van der Waals surface area contributed by atoms with Gasteiger partial charge in [-0.2, -0.15) is 5.10 Å². The second kappa shape index (κ2) is 20.9. The molecule has 3 aromatic carbocycles. The maximum absolute atomic E-state index is 14.3. The molecule has 4 aromatic rings. The third-order valence-corrected chi connectivity index (χ3v) is 10.4. The number of halogens is 2. The van der Waals surface area contributed by atoms with Gasteiger partial charge in [0.25, 0.3) is 5.91 Å². The summed E-state index contributed by atoms with van der Waals surface area (Å²) in [6.45, 7) is 13.7. The van der Waals surface area contributed by atoms with Crippen molar-refractivity contribution < 1.29 is 47.6 Å². The molecular formula is C45H54Cl2N6O10. The molecule has 0 bridgehead atoms. The van der Waals surface area contributed by atoms with Crippen LogP contribution in [-0.2, 0) is 35.2 Å². The molecule has 3 heterocycles. The number of ether oxygens (including phenoxy) is 6. The number of rotatable bonds is 17. The topological polar surface area (TPSA) is 173 Å². The van der Waals surface area contributed by atoms with Crippen molar-refractivity contribution in [3.05, 3.63) is 81.5 Å². The Bertz CT molecular complexity index is 2310. The summed E-state index contributed by atoms with van der Waals surface area (Å²) in [4.78, 5) is 45.6. The zero-order chi connectivity index (χ0) is 45.3. The molecule has 16 nitrogen and oxygen atoms in total. The fourth-order valence-electron chi connectivity index (χ4n) is 6.97. The Kier molecular flexibility index (Phi) is 15.6. The van der Waals surface area contributed by atoms with Gasteiger partial charge in [0.1, 0.15) is 36.9 Å². The highest BCUT2D eigenvalue weighted by Crippen LogP contribution is 2.46. The van der Waals surface area contributed by atoms with E-state index in [1.807, 2.05) is 57.2 Å². The van der Waals surface area contributed by atoms with Gasteiger partial charge in [0.15, 0.2) is 5.69 Å². The van der Waals surface area contributed by atoms with Crippen molar-refractivity contribution in [1.82, 2.24) is 25.3 Å². The van der Waals surface area contributed by atoms with E-state index in [2.05, 4.69) is 15.8 Å². The lowest BCUT2D eigenvalue weighted by Gasteiger charge is -2.41. The third-order valence-electron chi connectivity index (χ3n) is 9.93. The zero-order valence-electron chi connectivity index (χ0n) is 36.6. The summed E-state index contributed by atoms with van der Waals surface area (Å²) in [5, 5.41) is 15.4. The van der Waals surface area contributed by atoms with Gasteiger partial charge < -0.3 is 48.8 Å². The predicted octanol–water partition coefficient (Wildman–Crippen LogP) is 7.08. The average Bonchev–Trinajstić information content (AvgIpc) is 3.63. The van der Waals surface area contributed by atoms with E-state index in [4.69, 9.17) is 61.6 Å². The predicted molar refractivity (Wildman–Crippen MR) is 238 cm³/mol. The lowest BCUT2D eigenvalue weighted by atomic mass is 9.94. The second-order valence-corrected chi connectivity index (χ2v) is 17.3. The van der Waals surface area contributed by atoms with Crippen molar-refractivity contribution in [2.75, 3.05) is 73.0 Å². The number of oxime groups is 1. The summed E-state index contributed by atoms with van der Waals surface area (Å²) in [6.07, 6.45) is -0.510. The first kappa shape index (κ1) is 47.1. The fourth-order valence-corrected chi connectivity index (χ4v) is 7.49. The van der Waals surface area contributed by atoms with Crippen LogP contribution in [0.5, 0.6) is 11.5 Å². The molecule has 18 heteroatoms. The molecule has 0 radical (unpaired) electrons.